The van der Waals surface area contributed by atoms with Crippen molar-refractivity contribution in [1.29, 1.82) is 0 Å². The molecular weight excluding hydrogens is 275 g/mol. The fourth-order valence-electron chi connectivity index (χ4n) is 1.98. The summed E-state index contributed by atoms with van der Waals surface area (Å²) in [7, 11) is 1.40. The highest BCUT2D eigenvalue weighted by molar-refractivity contribution is 5.78. The summed E-state index contributed by atoms with van der Waals surface area (Å²) in [5, 5.41) is 6.80. The molecule has 0 saturated heterocycles. The first-order valence-corrected chi connectivity index (χ1v) is 6.52. The van der Waals surface area contributed by atoms with Crippen molar-refractivity contribution >= 4 is 5.91 Å². The standard InChI is InChI=1S/C14H17FN4O2/c1-10(7-19-9-16-8-17-19)18-14(20)6-11-3-4-13(21-2)12(15)5-11/h3-5,8-10H,6-7H2,1-2H3,(H,18,20)/t10-/m0/s1. The van der Waals surface area contributed by atoms with Crippen LogP contribution >= 0.6 is 0 Å². The fourth-order valence-corrected chi connectivity index (χ4v) is 1.98. The molecule has 0 bridgehead atoms. The highest BCUT2D eigenvalue weighted by Gasteiger charge is 2.11. The van der Waals surface area contributed by atoms with E-state index < -0.39 is 5.82 Å². The highest BCUT2D eigenvalue weighted by Crippen LogP contribution is 2.17. The fraction of sp³-hybridized carbons (Fsp3) is 0.357. The van der Waals surface area contributed by atoms with Crippen LogP contribution in [0.2, 0.25) is 0 Å². The van der Waals surface area contributed by atoms with Crippen molar-refractivity contribution in [3.05, 3.63) is 42.2 Å². The second-order valence-electron chi connectivity index (χ2n) is 4.73. The zero-order valence-electron chi connectivity index (χ0n) is 11.9. The number of nitrogens with one attached hydrogen (secondary N) is 1. The van der Waals surface area contributed by atoms with Gasteiger partial charge in [0.2, 0.25) is 5.91 Å². The van der Waals surface area contributed by atoms with E-state index in [-0.39, 0.29) is 24.1 Å². The molecule has 1 aromatic heterocycles. The molecule has 0 aliphatic heterocycles. The van der Waals surface area contributed by atoms with Crippen LogP contribution in [0.25, 0.3) is 0 Å². The molecule has 1 aromatic carbocycles. The Bertz CT molecular complexity index is 601. The van der Waals surface area contributed by atoms with Crippen LogP contribution in [0.5, 0.6) is 5.75 Å². The number of hydrogen-bond donors (Lipinski definition) is 1. The molecule has 0 spiro atoms. The minimum atomic E-state index is -0.474. The van der Waals surface area contributed by atoms with Crippen molar-refractivity contribution in [2.24, 2.45) is 0 Å². The lowest BCUT2D eigenvalue weighted by Gasteiger charge is -2.13. The van der Waals surface area contributed by atoms with Crippen LogP contribution in [-0.4, -0.2) is 33.8 Å². The molecule has 1 amide bonds. The van der Waals surface area contributed by atoms with Crippen molar-refractivity contribution in [1.82, 2.24) is 20.1 Å². The molecule has 1 atom stereocenters. The predicted octanol–water partition coefficient (Wildman–Crippen LogP) is 1.17. The van der Waals surface area contributed by atoms with E-state index in [1.807, 2.05) is 6.92 Å². The number of halogens is 1. The lowest BCUT2D eigenvalue weighted by Crippen LogP contribution is -2.36. The molecule has 0 saturated carbocycles. The third-order valence-electron chi connectivity index (χ3n) is 2.92. The molecule has 1 N–H and O–H groups in total. The number of ether oxygens (including phenoxy) is 1. The first-order valence-electron chi connectivity index (χ1n) is 6.52. The number of carbonyl (C=O) groups excluding carboxylic acids is 1. The van der Waals surface area contributed by atoms with Gasteiger partial charge in [0.1, 0.15) is 12.7 Å². The van der Waals surface area contributed by atoms with Gasteiger partial charge < -0.3 is 10.1 Å². The van der Waals surface area contributed by atoms with Gasteiger partial charge in [-0.2, -0.15) is 5.10 Å². The minimum Gasteiger partial charge on any atom is -0.494 e. The monoisotopic (exact) mass is 292 g/mol. The number of carbonyl (C=O) groups is 1. The SMILES string of the molecule is COc1ccc(CC(=O)N[C@@H](C)Cn2cncn2)cc1F. The average molecular weight is 292 g/mol. The van der Waals surface area contributed by atoms with Crippen LogP contribution in [0, 0.1) is 5.82 Å². The van der Waals surface area contributed by atoms with Gasteiger partial charge in [0.25, 0.3) is 0 Å². The van der Waals surface area contributed by atoms with E-state index >= 15 is 0 Å². The molecular formula is C14H17FN4O2. The van der Waals surface area contributed by atoms with E-state index in [9.17, 15) is 9.18 Å². The number of nitrogens with zero attached hydrogens (tertiary/aromatic N) is 3. The number of rotatable bonds is 6. The summed E-state index contributed by atoms with van der Waals surface area (Å²) >= 11 is 0. The molecule has 0 fully saturated rings. The Balaban J connectivity index is 1.87. The molecule has 21 heavy (non-hydrogen) atoms. The first-order chi connectivity index (χ1) is 10.1. The van der Waals surface area contributed by atoms with E-state index in [1.54, 1.807) is 17.1 Å². The van der Waals surface area contributed by atoms with Crippen LogP contribution in [0.4, 0.5) is 4.39 Å². The Morgan fingerprint density at radius 1 is 1.52 bits per heavy atom. The second-order valence-corrected chi connectivity index (χ2v) is 4.73. The largest absolute Gasteiger partial charge is 0.494 e. The molecule has 1 heterocycles. The second kappa shape index (κ2) is 6.83. The summed E-state index contributed by atoms with van der Waals surface area (Å²) in [5.74, 6) is -0.482. The number of amides is 1. The molecule has 2 aromatic rings. The zero-order valence-corrected chi connectivity index (χ0v) is 11.9. The summed E-state index contributed by atoms with van der Waals surface area (Å²) in [6.45, 7) is 2.40. The van der Waals surface area contributed by atoms with Crippen molar-refractivity contribution in [3.8, 4) is 5.75 Å². The number of aromatic nitrogens is 3. The quantitative estimate of drug-likeness (QED) is 0.868. The molecule has 0 unspecified atom stereocenters. The summed E-state index contributed by atoms with van der Waals surface area (Å²) in [4.78, 5) is 15.7. The van der Waals surface area contributed by atoms with Gasteiger partial charge in [-0.05, 0) is 24.6 Å². The van der Waals surface area contributed by atoms with Crippen molar-refractivity contribution < 1.29 is 13.9 Å². The number of hydrogen-bond acceptors (Lipinski definition) is 4. The maximum Gasteiger partial charge on any atom is 0.224 e. The zero-order chi connectivity index (χ0) is 15.2. The van der Waals surface area contributed by atoms with Gasteiger partial charge in [-0.1, -0.05) is 6.07 Å². The van der Waals surface area contributed by atoms with Gasteiger partial charge in [-0.25, -0.2) is 9.37 Å². The van der Waals surface area contributed by atoms with E-state index in [1.165, 1.54) is 25.6 Å². The van der Waals surface area contributed by atoms with Crippen LogP contribution in [0.15, 0.2) is 30.9 Å². The Labute approximate surface area is 121 Å². The molecule has 0 radical (unpaired) electrons. The van der Waals surface area contributed by atoms with E-state index in [2.05, 4.69) is 15.4 Å². The Morgan fingerprint density at radius 3 is 2.95 bits per heavy atom. The highest BCUT2D eigenvalue weighted by atomic mass is 19.1. The Kier molecular flexibility index (Phi) is 4.86. The lowest BCUT2D eigenvalue weighted by atomic mass is 10.1. The van der Waals surface area contributed by atoms with Crippen LogP contribution in [0.1, 0.15) is 12.5 Å². The summed E-state index contributed by atoms with van der Waals surface area (Å²) < 4.78 is 20.0. The van der Waals surface area contributed by atoms with Gasteiger partial charge >= 0.3 is 0 Å². The summed E-state index contributed by atoms with van der Waals surface area (Å²) in [6.07, 6.45) is 3.14. The third-order valence-corrected chi connectivity index (χ3v) is 2.92. The maximum atomic E-state index is 13.5. The predicted molar refractivity (Wildman–Crippen MR) is 74.3 cm³/mol. The van der Waals surface area contributed by atoms with Crippen molar-refractivity contribution in [2.45, 2.75) is 25.9 Å². The van der Waals surface area contributed by atoms with Gasteiger partial charge in [0, 0.05) is 6.04 Å². The molecule has 0 aliphatic carbocycles. The van der Waals surface area contributed by atoms with Crippen LogP contribution < -0.4 is 10.1 Å². The third kappa shape index (κ3) is 4.27. The van der Waals surface area contributed by atoms with Crippen LogP contribution in [-0.2, 0) is 17.8 Å². The molecule has 6 nitrogen and oxygen atoms in total. The average Bonchev–Trinajstić information content (AvgIpc) is 2.91. The van der Waals surface area contributed by atoms with Gasteiger partial charge in [-0.15, -0.1) is 0 Å². The first kappa shape index (κ1) is 15.0. The molecule has 0 aliphatic rings. The minimum absolute atomic E-state index is 0.0951. The molecule has 2 rings (SSSR count). The molecule has 112 valence electrons. The molecule has 7 heteroatoms. The summed E-state index contributed by atoms with van der Waals surface area (Å²) in [6, 6.07) is 4.39. The lowest BCUT2D eigenvalue weighted by molar-refractivity contribution is -0.121. The van der Waals surface area contributed by atoms with Gasteiger partial charge in [0.05, 0.1) is 20.1 Å². The normalized spacial score (nSPS) is 12.0. The van der Waals surface area contributed by atoms with Gasteiger partial charge in [-0.3, -0.25) is 9.48 Å². The van der Waals surface area contributed by atoms with E-state index in [4.69, 9.17) is 4.74 Å². The number of methoxy groups -OCH3 is 1. The van der Waals surface area contributed by atoms with Crippen molar-refractivity contribution in [3.63, 3.8) is 0 Å². The van der Waals surface area contributed by atoms with E-state index in [0.29, 0.717) is 12.1 Å². The topological polar surface area (TPSA) is 69.0 Å². The van der Waals surface area contributed by atoms with Gasteiger partial charge in [0.15, 0.2) is 11.6 Å². The Hall–Kier alpha value is -2.44. The summed E-state index contributed by atoms with van der Waals surface area (Å²) in [5.41, 5.74) is 0.596. The smallest absolute Gasteiger partial charge is 0.224 e. The van der Waals surface area contributed by atoms with Crippen molar-refractivity contribution in [2.75, 3.05) is 7.11 Å². The number of benzene rings is 1. The van der Waals surface area contributed by atoms with E-state index in [0.717, 1.165) is 0 Å². The Morgan fingerprint density at radius 2 is 2.33 bits per heavy atom. The maximum absolute atomic E-state index is 13.5. The van der Waals surface area contributed by atoms with Crippen LogP contribution in [0.3, 0.4) is 0 Å².